The Bertz CT molecular complexity index is 1720. The van der Waals surface area contributed by atoms with Gasteiger partial charge < -0.3 is 29.9 Å². The van der Waals surface area contributed by atoms with Crippen LogP contribution in [0.4, 0.5) is 11.6 Å². The highest BCUT2D eigenvalue weighted by Gasteiger charge is 2.27. The first-order chi connectivity index (χ1) is 20.3. The third kappa shape index (κ3) is 5.26. The van der Waals surface area contributed by atoms with E-state index in [0.717, 1.165) is 33.0 Å². The van der Waals surface area contributed by atoms with Crippen LogP contribution in [0.2, 0.25) is 0 Å². The van der Waals surface area contributed by atoms with Gasteiger partial charge in [0, 0.05) is 23.3 Å². The fraction of sp³-hybridized carbons (Fsp3) is 0.176. The normalized spacial score (nSPS) is 12.8. The van der Waals surface area contributed by atoms with Crippen molar-refractivity contribution in [2.45, 2.75) is 39.8 Å². The van der Waals surface area contributed by atoms with Crippen molar-refractivity contribution in [3.05, 3.63) is 130 Å². The van der Waals surface area contributed by atoms with Gasteiger partial charge in [-0.05, 0) is 61.7 Å². The summed E-state index contributed by atoms with van der Waals surface area (Å²) in [4.78, 5) is 0. The van der Waals surface area contributed by atoms with Crippen molar-refractivity contribution in [3.8, 4) is 11.5 Å². The number of aromatic nitrogens is 2. The molecule has 8 nitrogen and oxygen atoms in total. The Morgan fingerprint density at radius 3 is 1.26 bits per heavy atom. The fourth-order valence-corrected chi connectivity index (χ4v) is 5.36. The molecule has 0 aliphatic rings. The van der Waals surface area contributed by atoms with Crippen molar-refractivity contribution in [3.63, 3.8) is 0 Å². The number of aryl methyl sites for hydroxylation is 4. The van der Waals surface area contributed by atoms with Gasteiger partial charge in [0.2, 0.25) is 0 Å². The van der Waals surface area contributed by atoms with Crippen LogP contribution in [0.25, 0.3) is 10.8 Å². The van der Waals surface area contributed by atoms with E-state index in [4.69, 9.17) is 9.05 Å². The molecule has 2 heterocycles. The number of phenolic OH excluding ortho intramolecular Hbond substituents is 2. The predicted molar refractivity (Wildman–Crippen MR) is 163 cm³/mol. The molecule has 212 valence electrons. The smallest absolute Gasteiger partial charge is 0.170 e. The number of aromatic hydroxyl groups is 2. The molecule has 0 aliphatic carbocycles. The van der Waals surface area contributed by atoms with E-state index >= 15 is 0 Å². The van der Waals surface area contributed by atoms with Gasteiger partial charge in [-0.1, -0.05) is 82.1 Å². The summed E-state index contributed by atoms with van der Waals surface area (Å²) in [6.45, 7) is 7.73. The molecule has 0 radical (unpaired) electrons. The number of fused-ring (bicyclic) bond motifs is 1. The third-order valence-electron chi connectivity index (χ3n) is 7.48. The Labute approximate surface area is 243 Å². The zero-order valence-corrected chi connectivity index (χ0v) is 23.8. The molecule has 0 amide bonds. The lowest BCUT2D eigenvalue weighted by Crippen LogP contribution is -2.15. The van der Waals surface area contributed by atoms with Crippen molar-refractivity contribution in [2.24, 2.45) is 0 Å². The fourth-order valence-electron chi connectivity index (χ4n) is 5.36. The molecule has 0 unspecified atom stereocenters. The number of rotatable bonds is 8. The van der Waals surface area contributed by atoms with Crippen LogP contribution in [0.5, 0.6) is 11.5 Å². The van der Waals surface area contributed by atoms with Crippen LogP contribution in [0, 0.1) is 27.7 Å². The van der Waals surface area contributed by atoms with Gasteiger partial charge in [0.1, 0.15) is 23.0 Å². The van der Waals surface area contributed by atoms with Crippen LogP contribution >= 0.6 is 0 Å². The lowest BCUT2D eigenvalue weighted by Gasteiger charge is -2.26. The van der Waals surface area contributed by atoms with Crippen LogP contribution in [-0.2, 0) is 0 Å². The van der Waals surface area contributed by atoms with E-state index < -0.39 is 12.1 Å². The highest BCUT2D eigenvalue weighted by atomic mass is 16.5. The minimum atomic E-state index is -0.472. The maximum Gasteiger partial charge on any atom is 0.170 e. The molecule has 6 aromatic rings. The molecule has 0 saturated heterocycles. The summed E-state index contributed by atoms with van der Waals surface area (Å²) in [6.07, 6.45) is 0. The van der Waals surface area contributed by atoms with Gasteiger partial charge >= 0.3 is 0 Å². The molecular weight excluding hydrogens is 528 g/mol. The lowest BCUT2D eigenvalue weighted by atomic mass is 9.87. The van der Waals surface area contributed by atoms with Crippen LogP contribution in [0.1, 0.15) is 57.0 Å². The molecule has 2 atom stereocenters. The predicted octanol–water partition coefficient (Wildman–Crippen LogP) is 7.86. The SMILES string of the molecule is Cc1ccc([C@H](Nc2cc(C)on2)c2c(O)ccc3c([C@@H](Nc4cc(C)on4)c4ccc(C)cc4)c(O)ccc23)cc1. The first-order valence-electron chi connectivity index (χ1n) is 13.8. The second-order valence-electron chi connectivity index (χ2n) is 10.7. The quantitative estimate of drug-likeness (QED) is 0.149. The monoisotopic (exact) mass is 560 g/mol. The van der Waals surface area contributed by atoms with Gasteiger partial charge in [-0.3, -0.25) is 0 Å². The Morgan fingerprint density at radius 1 is 0.548 bits per heavy atom. The van der Waals surface area contributed by atoms with E-state index in [1.807, 2.05) is 100 Å². The summed E-state index contributed by atoms with van der Waals surface area (Å²) in [5.74, 6) is 2.67. The molecule has 8 heteroatoms. The Balaban J connectivity index is 1.56. The van der Waals surface area contributed by atoms with Crippen molar-refractivity contribution in [1.29, 1.82) is 0 Å². The largest absolute Gasteiger partial charge is 0.508 e. The average Bonchev–Trinajstić information content (AvgIpc) is 3.59. The number of nitrogens with zero attached hydrogens (tertiary/aromatic N) is 2. The van der Waals surface area contributed by atoms with E-state index in [9.17, 15) is 10.2 Å². The molecule has 2 aromatic heterocycles. The summed E-state index contributed by atoms with van der Waals surface area (Å²) in [5.41, 5.74) is 5.42. The summed E-state index contributed by atoms with van der Waals surface area (Å²) in [5, 5.41) is 39.5. The van der Waals surface area contributed by atoms with E-state index in [2.05, 4.69) is 20.9 Å². The second-order valence-corrected chi connectivity index (χ2v) is 10.7. The summed E-state index contributed by atoms with van der Waals surface area (Å²) in [7, 11) is 0. The van der Waals surface area contributed by atoms with Gasteiger partial charge in [0.25, 0.3) is 0 Å². The molecule has 0 spiro atoms. The van der Waals surface area contributed by atoms with E-state index in [-0.39, 0.29) is 11.5 Å². The highest BCUT2D eigenvalue weighted by Crippen LogP contribution is 2.44. The van der Waals surface area contributed by atoms with Crippen molar-refractivity contribution < 1.29 is 19.3 Å². The maximum absolute atomic E-state index is 11.4. The van der Waals surface area contributed by atoms with E-state index in [0.29, 0.717) is 34.3 Å². The van der Waals surface area contributed by atoms with Crippen molar-refractivity contribution in [2.75, 3.05) is 10.6 Å². The molecule has 6 rings (SSSR count). The van der Waals surface area contributed by atoms with Gasteiger partial charge in [0.05, 0.1) is 12.1 Å². The molecule has 4 aromatic carbocycles. The third-order valence-corrected chi connectivity index (χ3v) is 7.48. The van der Waals surface area contributed by atoms with Gasteiger partial charge in [-0.2, -0.15) is 0 Å². The maximum atomic E-state index is 11.4. The standard InChI is InChI=1S/C34H32N4O4/c1-19-5-9-23(10-6-19)33(35-29-17-21(3)41-37-29)31-25-13-16-28(40)32(26(25)14-15-27(31)39)34(24-11-7-20(2)8-12-24)36-30-18-22(4)42-38-30/h5-18,33-34,39-40H,1-4H3,(H,35,37)(H,36,38)/t33-,34-/m0/s1. The zero-order valence-electron chi connectivity index (χ0n) is 23.8. The second kappa shape index (κ2) is 11.0. The number of anilines is 2. The first kappa shape index (κ1) is 27.0. The molecule has 0 fully saturated rings. The van der Waals surface area contributed by atoms with Crippen LogP contribution < -0.4 is 10.6 Å². The zero-order chi connectivity index (χ0) is 29.4. The average molecular weight is 561 g/mol. The minimum Gasteiger partial charge on any atom is -0.508 e. The Morgan fingerprint density at radius 2 is 0.929 bits per heavy atom. The van der Waals surface area contributed by atoms with E-state index in [1.54, 1.807) is 12.1 Å². The van der Waals surface area contributed by atoms with Crippen LogP contribution in [0.3, 0.4) is 0 Å². The number of phenols is 2. The summed E-state index contributed by atoms with van der Waals surface area (Å²) >= 11 is 0. The Hall–Kier alpha value is -5.24. The molecule has 0 bridgehead atoms. The van der Waals surface area contributed by atoms with Gasteiger partial charge in [-0.15, -0.1) is 0 Å². The number of benzene rings is 4. The van der Waals surface area contributed by atoms with Crippen molar-refractivity contribution >= 4 is 22.4 Å². The number of hydrogen-bond donors (Lipinski definition) is 4. The topological polar surface area (TPSA) is 117 Å². The highest BCUT2D eigenvalue weighted by molar-refractivity contribution is 5.94. The summed E-state index contributed by atoms with van der Waals surface area (Å²) < 4.78 is 10.7. The molecule has 4 N–H and O–H groups in total. The van der Waals surface area contributed by atoms with Crippen LogP contribution in [0.15, 0.2) is 94.0 Å². The molecular formula is C34H32N4O4. The van der Waals surface area contributed by atoms with Crippen molar-refractivity contribution in [1.82, 2.24) is 10.3 Å². The lowest BCUT2D eigenvalue weighted by molar-refractivity contribution is 0.399. The number of hydrogen-bond acceptors (Lipinski definition) is 8. The van der Waals surface area contributed by atoms with Gasteiger partial charge in [-0.25, -0.2) is 0 Å². The van der Waals surface area contributed by atoms with Gasteiger partial charge in [0.15, 0.2) is 11.6 Å². The number of nitrogens with one attached hydrogen (secondary N) is 2. The Kier molecular flexibility index (Phi) is 7.04. The molecule has 42 heavy (non-hydrogen) atoms. The first-order valence-corrected chi connectivity index (χ1v) is 13.8. The van der Waals surface area contributed by atoms with E-state index in [1.165, 1.54) is 0 Å². The minimum absolute atomic E-state index is 0.115. The van der Waals surface area contributed by atoms with Crippen LogP contribution in [-0.4, -0.2) is 20.5 Å². The molecule has 0 aliphatic heterocycles. The molecule has 0 saturated carbocycles. The summed E-state index contributed by atoms with van der Waals surface area (Å²) in [6, 6.07) is 26.0.